The van der Waals surface area contributed by atoms with E-state index >= 15 is 0 Å². The topological polar surface area (TPSA) is 108 Å². The molecule has 0 saturated heterocycles. The number of hydrogen-bond donors (Lipinski definition) is 2. The van der Waals surface area contributed by atoms with Gasteiger partial charge in [0.25, 0.3) is 0 Å². The van der Waals surface area contributed by atoms with E-state index in [1.54, 1.807) is 12.1 Å². The van der Waals surface area contributed by atoms with Gasteiger partial charge >= 0.3 is 5.97 Å². The second-order valence-corrected chi connectivity index (χ2v) is 11.6. The number of esters is 1. The van der Waals surface area contributed by atoms with Crippen LogP contribution in [0.15, 0.2) is 24.3 Å². The van der Waals surface area contributed by atoms with Crippen molar-refractivity contribution in [3.05, 3.63) is 41.2 Å². The molecule has 1 aromatic carbocycles. The van der Waals surface area contributed by atoms with Crippen LogP contribution in [-0.4, -0.2) is 46.4 Å². The van der Waals surface area contributed by atoms with E-state index in [0.717, 1.165) is 37.3 Å². The molecule has 1 heterocycles. The third-order valence-electron chi connectivity index (χ3n) is 6.79. The molecule has 0 radical (unpaired) electrons. The van der Waals surface area contributed by atoms with E-state index in [4.69, 9.17) is 10.5 Å². The van der Waals surface area contributed by atoms with Crippen molar-refractivity contribution in [2.24, 2.45) is 23.0 Å². The number of nitrogens with two attached hydrogens (primary N) is 1. The van der Waals surface area contributed by atoms with Crippen molar-refractivity contribution in [2.75, 3.05) is 20.2 Å². The van der Waals surface area contributed by atoms with Crippen molar-refractivity contribution in [3.63, 3.8) is 0 Å². The van der Waals surface area contributed by atoms with Crippen LogP contribution in [0, 0.1) is 17.3 Å². The zero-order valence-electron chi connectivity index (χ0n) is 21.7. The number of hydrogen-bond acceptors (Lipinski definition) is 7. The maximum Gasteiger partial charge on any atom is 0.337 e. The minimum absolute atomic E-state index is 0.122. The number of nitrogens with zero attached hydrogens (tertiary/aromatic N) is 4. The zero-order chi connectivity index (χ0) is 24.9. The Labute approximate surface area is 204 Å². The molecule has 8 heteroatoms. The van der Waals surface area contributed by atoms with E-state index in [0.29, 0.717) is 17.4 Å². The van der Waals surface area contributed by atoms with Gasteiger partial charge in [-0.3, -0.25) is 0 Å². The van der Waals surface area contributed by atoms with Gasteiger partial charge < -0.3 is 15.8 Å². The fourth-order valence-electron chi connectivity index (χ4n) is 5.55. The second-order valence-electron chi connectivity index (χ2n) is 11.6. The average molecular weight is 471 g/mol. The summed E-state index contributed by atoms with van der Waals surface area (Å²) in [7, 11) is 1.39. The fraction of sp³-hybridized carbons (Fsp3) is 0.692. The van der Waals surface area contributed by atoms with Crippen LogP contribution in [0.5, 0.6) is 0 Å². The Hall–Kier alpha value is -2.32. The molecule has 1 saturated carbocycles. The number of ether oxygens (including phenoxy) is 1. The molecule has 188 valence electrons. The number of methoxy groups -OCH3 is 1. The first kappa shape index (κ1) is 26.3. The summed E-state index contributed by atoms with van der Waals surface area (Å²) in [6, 6.07) is 7.33. The minimum Gasteiger partial charge on any atom is -0.465 e. The SMILES string of the molecule is COC(=O)c1ccc(C(NCC2CCCC(CN)C2)c2nnnn2C(C)(C)CC(C)(C)C)cc1. The summed E-state index contributed by atoms with van der Waals surface area (Å²) in [4.78, 5) is 11.9. The maximum atomic E-state index is 11.9. The summed E-state index contributed by atoms with van der Waals surface area (Å²) in [6.45, 7) is 12.7. The number of carbonyl (C=O) groups is 1. The van der Waals surface area contributed by atoms with E-state index in [-0.39, 0.29) is 23.0 Å². The van der Waals surface area contributed by atoms with Gasteiger partial charge in [-0.1, -0.05) is 39.3 Å². The molecule has 1 aliphatic carbocycles. The van der Waals surface area contributed by atoms with Gasteiger partial charge in [-0.05, 0) is 98.0 Å². The molecular formula is C26H42N6O2. The largest absolute Gasteiger partial charge is 0.465 e. The van der Waals surface area contributed by atoms with Crippen molar-refractivity contribution >= 4 is 5.97 Å². The van der Waals surface area contributed by atoms with Crippen molar-refractivity contribution in [1.29, 1.82) is 0 Å². The van der Waals surface area contributed by atoms with Crippen LogP contribution in [0.25, 0.3) is 0 Å². The maximum absolute atomic E-state index is 11.9. The highest BCUT2D eigenvalue weighted by Crippen LogP contribution is 2.34. The molecular weight excluding hydrogens is 428 g/mol. The predicted molar refractivity (Wildman–Crippen MR) is 133 cm³/mol. The van der Waals surface area contributed by atoms with Gasteiger partial charge in [0.15, 0.2) is 5.82 Å². The Kier molecular flexibility index (Phi) is 8.47. The number of aromatic nitrogens is 4. The van der Waals surface area contributed by atoms with Crippen molar-refractivity contribution in [2.45, 2.75) is 78.3 Å². The summed E-state index contributed by atoms with van der Waals surface area (Å²) in [5.74, 6) is 1.62. The summed E-state index contributed by atoms with van der Waals surface area (Å²) in [5, 5.41) is 16.8. The number of rotatable bonds is 9. The van der Waals surface area contributed by atoms with E-state index in [9.17, 15) is 4.79 Å². The second kappa shape index (κ2) is 11.0. The van der Waals surface area contributed by atoms with E-state index in [1.807, 2.05) is 16.8 Å². The Morgan fingerprint density at radius 2 is 1.85 bits per heavy atom. The first-order chi connectivity index (χ1) is 16.0. The van der Waals surface area contributed by atoms with Gasteiger partial charge in [-0.25, -0.2) is 9.48 Å². The van der Waals surface area contributed by atoms with Gasteiger partial charge in [-0.15, -0.1) is 5.10 Å². The van der Waals surface area contributed by atoms with Crippen LogP contribution < -0.4 is 11.1 Å². The number of benzene rings is 1. The predicted octanol–water partition coefficient (Wildman–Crippen LogP) is 4.08. The molecule has 8 nitrogen and oxygen atoms in total. The summed E-state index contributed by atoms with van der Waals surface area (Å²) < 4.78 is 6.83. The van der Waals surface area contributed by atoms with Crippen molar-refractivity contribution in [1.82, 2.24) is 25.5 Å². The van der Waals surface area contributed by atoms with Crippen LogP contribution in [-0.2, 0) is 10.3 Å². The summed E-state index contributed by atoms with van der Waals surface area (Å²) >= 11 is 0. The van der Waals surface area contributed by atoms with Crippen LogP contribution in [0.2, 0.25) is 0 Å². The molecule has 2 aromatic rings. The molecule has 1 fully saturated rings. The van der Waals surface area contributed by atoms with Crippen molar-refractivity contribution in [3.8, 4) is 0 Å². The van der Waals surface area contributed by atoms with Gasteiger partial charge in [0.1, 0.15) is 0 Å². The standard InChI is InChI=1S/C26H42N6O2/c1-25(2,3)17-26(4,5)32-23(29-30-31-32)22(20-10-12-21(13-11-20)24(33)34-6)28-16-19-9-7-8-18(14-19)15-27/h10-13,18-19,22,28H,7-9,14-17,27H2,1-6H3. The molecule has 3 unspecified atom stereocenters. The highest BCUT2D eigenvalue weighted by Gasteiger charge is 2.34. The van der Waals surface area contributed by atoms with Gasteiger partial charge in [0.05, 0.1) is 24.3 Å². The average Bonchev–Trinajstić information content (AvgIpc) is 3.28. The Bertz CT molecular complexity index is 932. The van der Waals surface area contributed by atoms with E-state index in [2.05, 4.69) is 55.5 Å². The normalized spacial score (nSPS) is 20.2. The lowest BCUT2D eigenvalue weighted by atomic mass is 9.81. The highest BCUT2D eigenvalue weighted by atomic mass is 16.5. The molecule has 3 N–H and O–H groups in total. The monoisotopic (exact) mass is 470 g/mol. The fourth-order valence-corrected chi connectivity index (χ4v) is 5.55. The third kappa shape index (κ3) is 6.63. The van der Waals surface area contributed by atoms with Gasteiger partial charge in [-0.2, -0.15) is 0 Å². The van der Waals surface area contributed by atoms with Crippen LogP contribution in [0.4, 0.5) is 0 Å². The smallest absolute Gasteiger partial charge is 0.337 e. The molecule has 3 rings (SSSR count). The first-order valence-electron chi connectivity index (χ1n) is 12.4. The van der Waals surface area contributed by atoms with Crippen molar-refractivity contribution < 1.29 is 9.53 Å². The lowest BCUT2D eigenvalue weighted by Crippen LogP contribution is -2.38. The molecule has 3 atom stereocenters. The molecule has 1 aliphatic rings. The third-order valence-corrected chi connectivity index (χ3v) is 6.79. The number of carbonyl (C=O) groups excluding carboxylic acids is 1. The molecule has 0 amide bonds. The molecule has 1 aromatic heterocycles. The molecule has 0 spiro atoms. The van der Waals surface area contributed by atoms with E-state index < -0.39 is 0 Å². The van der Waals surface area contributed by atoms with Gasteiger partial charge in [0.2, 0.25) is 0 Å². The molecule has 34 heavy (non-hydrogen) atoms. The quantitative estimate of drug-likeness (QED) is 0.532. The number of nitrogens with one attached hydrogen (secondary N) is 1. The lowest BCUT2D eigenvalue weighted by molar-refractivity contribution is 0.0600. The van der Waals surface area contributed by atoms with Gasteiger partial charge in [0, 0.05) is 0 Å². The Morgan fingerprint density at radius 3 is 2.47 bits per heavy atom. The minimum atomic E-state index is -0.345. The molecule has 0 bridgehead atoms. The highest BCUT2D eigenvalue weighted by molar-refractivity contribution is 5.89. The summed E-state index contributed by atoms with van der Waals surface area (Å²) in [6.07, 6.45) is 5.73. The van der Waals surface area contributed by atoms with Crippen LogP contribution in [0.3, 0.4) is 0 Å². The summed E-state index contributed by atoms with van der Waals surface area (Å²) in [5.41, 5.74) is 7.37. The Morgan fingerprint density at radius 1 is 1.18 bits per heavy atom. The van der Waals surface area contributed by atoms with Crippen LogP contribution >= 0.6 is 0 Å². The van der Waals surface area contributed by atoms with E-state index in [1.165, 1.54) is 26.4 Å². The lowest BCUT2D eigenvalue weighted by Gasteiger charge is -2.34. The first-order valence-corrected chi connectivity index (χ1v) is 12.4. The zero-order valence-corrected chi connectivity index (χ0v) is 21.7. The van der Waals surface area contributed by atoms with Crippen LogP contribution in [0.1, 0.15) is 94.5 Å². The number of tetrazole rings is 1. The molecule has 0 aliphatic heterocycles. The Balaban J connectivity index is 1.91.